The summed E-state index contributed by atoms with van der Waals surface area (Å²) < 4.78 is 0. The van der Waals surface area contributed by atoms with Crippen LogP contribution in [0.2, 0.25) is 0 Å². The number of rotatable bonds is 1. The molecule has 0 unspecified atom stereocenters. The Bertz CT molecular complexity index is 9.61. The molecule has 0 atom stereocenters. The molecule has 0 aromatic carbocycles. The minimum atomic E-state index is -0.125. The van der Waals surface area contributed by atoms with Gasteiger partial charge < -0.3 is 10.0 Å². The molecule has 0 rings (SSSR count). The summed E-state index contributed by atoms with van der Waals surface area (Å²) in [7, 11) is -0.250. The molecule has 0 fully saturated rings. The van der Waals surface area contributed by atoms with Crippen molar-refractivity contribution >= 4 is 66.1 Å². The third-order valence-corrected chi connectivity index (χ3v) is 0.1000. The summed E-state index contributed by atoms with van der Waals surface area (Å²) in [5.74, 6) is 0. The van der Waals surface area contributed by atoms with E-state index < -0.39 is 0 Å². The van der Waals surface area contributed by atoms with E-state index in [2.05, 4.69) is 0 Å². The average Bonchev–Trinajstić information content (AvgIpc) is 1.37. The molecule has 0 aliphatic carbocycles. The van der Waals surface area contributed by atoms with Crippen molar-refractivity contribution in [3.05, 3.63) is 0 Å². The van der Waals surface area contributed by atoms with Crippen LogP contribution in [-0.2, 0) is 0 Å². The van der Waals surface area contributed by atoms with Gasteiger partial charge in [0.2, 0.25) is 0 Å². The van der Waals surface area contributed by atoms with Crippen LogP contribution in [0.5, 0.6) is 0 Å². The molecule has 0 aromatic heterocycles. The maximum absolute atomic E-state index is 7.62. The van der Waals surface area contributed by atoms with Crippen molar-refractivity contribution in [2.24, 2.45) is 0 Å². The van der Waals surface area contributed by atoms with E-state index >= 15 is 0 Å². The molecule has 0 bridgehead atoms. The Balaban J connectivity index is 0. The monoisotopic (exact) mass is 98.0 g/mol. The Hall–Kier alpha value is 1.69. The Morgan fingerprint density at radius 3 is 1.20 bits per heavy atom. The first-order valence-corrected chi connectivity index (χ1v) is 1.13. The van der Waals surface area contributed by atoms with Gasteiger partial charge in [0.1, 0.15) is 0 Å². The van der Waals surface area contributed by atoms with E-state index in [0.717, 1.165) is 0 Å². The van der Waals surface area contributed by atoms with Gasteiger partial charge >= 0.3 is 51.4 Å². The van der Waals surface area contributed by atoms with Crippen LogP contribution in [-0.4, -0.2) is 76.2 Å². The first kappa shape index (κ1) is 9.84. The van der Waals surface area contributed by atoms with Gasteiger partial charge in [0.15, 0.2) is 0 Å². The van der Waals surface area contributed by atoms with Gasteiger partial charge in [0, 0.05) is 0 Å². The molecule has 2 nitrogen and oxygen atoms in total. The molecular weight excluding hydrogens is 92.7 g/mol. The normalized spacial score (nSPS) is 4.40. The minimum absolute atomic E-state index is 0. The van der Waals surface area contributed by atoms with Crippen LogP contribution in [0, 0.1) is 0 Å². The van der Waals surface area contributed by atoms with Crippen LogP contribution >= 0.6 is 0 Å². The Morgan fingerprint density at radius 1 is 1.00 bits per heavy atom. The second-order valence-corrected chi connectivity index (χ2v) is 0.447. The van der Waals surface area contributed by atoms with Crippen LogP contribution in [0.1, 0.15) is 0 Å². The van der Waals surface area contributed by atoms with Gasteiger partial charge in [-0.25, -0.2) is 0 Å². The SMILES string of the molecule is OBBO.[KH]. The summed E-state index contributed by atoms with van der Waals surface area (Å²) in [4.78, 5) is 0. The summed E-state index contributed by atoms with van der Waals surface area (Å²) in [5, 5.41) is 15.2. The quantitative estimate of drug-likeness (QED) is 0.342. The standard InChI is InChI=1S/B2H4O2.K.H/c3-1-2-4;;/h1-4H;;. The Kier molecular flexibility index (Phi) is 18.1. The molecule has 5 heteroatoms. The first-order valence-electron chi connectivity index (χ1n) is 1.13. The van der Waals surface area contributed by atoms with Crippen molar-refractivity contribution in [3.8, 4) is 0 Å². The van der Waals surface area contributed by atoms with E-state index in [9.17, 15) is 0 Å². The molecule has 0 amide bonds. The summed E-state index contributed by atoms with van der Waals surface area (Å²) >= 11 is 0. The third kappa shape index (κ3) is 10.7. The van der Waals surface area contributed by atoms with Gasteiger partial charge in [-0.2, -0.15) is 0 Å². The molecule has 0 heterocycles. The summed E-state index contributed by atoms with van der Waals surface area (Å²) in [6.07, 6.45) is 0. The Morgan fingerprint density at radius 2 is 1.20 bits per heavy atom. The summed E-state index contributed by atoms with van der Waals surface area (Å²) in [6.45, 7) is 0. The van der Waals surface area contributed by atoms with Crippen molar-refractivity contribution in [2.75, 3.05) is 0 Å². The Labute approximate surface area is 74.9 Å². The van der Waals surface area contributed by atoms with Crippen LogP contribution in [0.4, 0.5) is 0 Å². The molecule has 0 saturated heterocycles. The van der Waals surface area contributed by atoms with E-state index in [-0.39, 0.29) is 66.1 Å². The van der Waals surface area contributed by atoms with E-state index in [1.165, 1.54) is 0 Å². The first-order chi connectivity index (χ1) is 1.91. The van der Waals surface area contributed by atoms with Gasteiger partial charge in [-0.15, -0.1) is 0 Å². The molecule has 0 saturated carbocycles. The van der Waals surface area contributed by atoms with Gasteiger partial charge in [-0.1, -0.05) is 0 Å². The number of hydrogen-bond donors (Lipinski definition) is 2. The van der Waals surface area contributed by atoms with Gasteiger partial charge in [-0.3, -0.25) is 0 Å². The van der Waals surface area contributed by atoms with Crippen LogP contribution in [0.25, 0.3) is 0 Å². The number of hydrogen-bond acceptors (Lipinski definition) is 2. The van der Waals surface area contributed by atoms with E-state index in [0.29, 0.717) is 0 Å². The maximum atomic E-state index is 7.62. The molecule has 5 heavy (non-hydrogen) atoms. The van der Waals surface area contributed by atoms with Crippen molar-refractivity contribution in [1.82, 2.24) is 0 Å². The average molecular weight is 97.8 g/mol. The second kappa shape index (κ2) is 9.19. The summed E-state index contributed by atoms with van der Waals surface area (Å²) in [5.41, 5.74) is 0. The van der Waals surface area contributed by atoms with Gasteiger partial charge in [0.05, 0.1) is 0 Å². The fourth-order valence-electron chi connectivity index (χ4n) is 0. The van der Waals surface area contributed by atoms with Crippen LogP contribution in [0.15, 0.2) is 0 Å². The van der Waals surface area contributed by atoms with Crippen molar-refractivity contribution in [3.63, 3.8) is 0 Å². The van der Waals surface area contributed by atoms with Crippen molar-refractivity contribution < 1.29 is 10.0 Å². The molecule has 2 N–H and O–H groups in total. The molecule has 0 spiro atoms. The molecular formula is H5B2KO2. The van der Waals surface area contributed by atoms with E-state index in [4.69, 9.17) is 10.0 Å². The second-order valence-electron chi connectivity index (χ2n) is 0.447. The molecule has 0 aromatic rings. The molecule has 0 aliphatic rings. The zero-order chi connectivity index (χ0) is 3.41. The van der Waals surface area contributed by atoms with E-state index in [1.807, 2.05) is 0 Å². The molecule has 0 aliphatic heterocycles. The molecule has 24 valence electrons. The fraction of sp³-hybridized carbons (Fsp3) is 0. The zero-order valence-corrected chi connectivity index (χ0v) is 2.31. The van der Waals surface area contributed by atoms with Gasteiger partial charge in [-0.05, 0) is 0 Å². The third-order valence-electron chi connectivity index (χ3n) is 0.1000. The molecule has 0 radical (unpaired) electrons. The predicted molar refractivity (Wildman–Crippen MR) is 25.9 cm³/mol. The zero-order valence-electron chi connectivity index (χ0n) is 2.31. The van der Waals surface area contributed by atoms with Gasteiger partial charge in [0.25, 0.3) is 14.7 Å². The van der Waals surface area contributed by atoms with Crippen molar-refractivity contribution in [1.29, 1.82) is 0 Å². The predicted octanol–water partition coefficient (Wildman–Crippen LogP) is -3.06. The van der Waals surface area contributed by atoms with Crippen LogP contribution in [0.3, 0.4) is 0 Å². The summed E-state index contributed by atoms with van der Waals surface area (Å²) in [6, 6.07) is 0. The topological polar surface area (TPSA) is 40.5 Å². The fourth-order valence-corrected chi connectivity index (χ4v) is 0. The van der Waals surface area contributed by atoms with Crippen molar-refractivity contribution in [2.45, 2.75) is 0 Å². The van der Waals surface area contributed by atoms with Crippen LogP contribution < -0.4 is 0 Å². The van der Waals surface area contributed by atoms with E-state index in [1.54, 1.807) is 0 Å².